The molecule has 308 valence electrons. The van der Waals surface area contributed by atoms with Gasteiger partial charge < -0.3 is 18.6 Å². The van der Waals surface area contributed by atoms with Crippen LogP contribution in [0.15, 0.2) is 66.9 Å². The van der Waals surface area contributed by atoms with Gasteiger partial charge in [-0.3, -0.25) is 9.88 Å². The number of rotatable bonds is 17. The SMILES string of the molecule is CC(C)[Si](OCCCc1c(F)ccc2cccc(-c3ncc4c(OCc5ccccc5)nc(OCC5(CN6CC7CCC(C6)O7)CC5)nc4c3F)c12)(C(C)C)C(C)C. The van der Waals surface area contributed by atoms with Gasteiger partial charge in [-0.1, -0.05) is 96.1 Å². The van der Waals surface area contributed by atoms with Crippen LogP contribution in [0.2, 0.25) is 16.6 Å². The summed E-state index contributed by atoms with van der Waals surface area (Å²) in [6.07, 6.45) is 7.65. The third-order valence-electron chi connectivity index (χ3n) is 13.0. The van der Waals surface area contributed by atoms with Crippen molar-refractivity contribution < 1.29 is 27.4 Å². The highest BCUT2D eigenvalue weighted by atomic mass is 28.4. The van der Waals surface area contributed by atoms with E-state index in [9.17, 15) is 0 Å². The van der Waals surface area contributed by atoms with Crippen molar-refractivity contribution in [2.24, 2.45) is 5.41 Å². The molecular weight excluding hydrogens is 751 g/mol. The summed E-state index contributed by atoms with van der Waals surface area (Å²) in [6, 6.07) is 18.7. The van der Waals surface area contributed by atoms with Crippen molar-refractivity contribution in [2.45, 2.75) is 116 Å². The zero-order valence-corrected chi connectivity index (χ0v) is 35.9. The van der Waals surface area contributed by atoms with Crippen LogP contribution in [0.4, 0.5) is 8.78 Å². The van der Waals surface area contributed by atoms with Gasteiger partial charge in [-0.15, -0.1) is 0 Å². The Morgan fingerprint density at radius 3 is 2.28 bits per heavy atom. The summed E-state index contributed by atoms with van der Waals surface area (Å²) in [5.74, 6) is -0.758. The average Bonchev–Trinajstić information content (AvgIpc) is 3.89. The van der Waals surface area contributed by atoms with Gasteiger partial charge in [0, 0.05) is 43.4 Å². The molecule has 2 aromatic heterocycles. The quantitative estimate of drug-likeness (QED) is 0.0679. The first-order chi connectivity index (χ1) is 28.0. The Hall–Kier alpha value is -4.03. The fourth-order valence-electron chi connectivity index (χ4n) is 10.0. The van der Waals surface area contributed by atoms with Crippen LogP contribution in [0.5, 0.6) is 11.9 Å². The minimum atomic E-state index is -2.08. The second kappa shape index (κ2) is 16.9. The summed E-state index contributed by atoms with van der Waals surface area (Å²) in [7, 11) is -2.08. The zero-order valence-electron chi connectivity index (χ0n) is 34.9. The molecule has 3 aliphatic rings. The standard InChI is InChI=1S/C47H58F2N4O4Si/c1-30(2)58(31(3)4,32(5)6)56-23-11-16-37-40(48)20-17-34-14-10-15-38(41(34)37)43-42(49)44-39(24-50-43)45(54-27-33-12-8-7-9-13-33)52-46(51-44)55-29-47(21-22-47)28-53-25-35-18-19-36(26-53)57-35/h7-10,12-15,17,20,24,30-32,35-36H,11,16,18-19,21-23,25-29H2,1-6H3. The molecule has 58 heavy (non-hydrogen) atoms. The number of fused-ring (bicyclic) bond motifs is 4. The maximum absolute atomic E-state index is 17.2. The third-order valence-corrected chi connectivity index (χ3v) is 19.1. The van der Waals surface area contributed by atoms with Gasteiger partial charge in [0.05, 0.1) is 24.2 Å². The summed E-state index contributed by atoms with van der Waals surface area (Å²) in [5.41, 5.74) is 3.48. The molecule has 0 amide bonds. The lowest BCUT2D eigenvalue weighted by Crippen LogP contribution is -2.48. The van der Waals surface area contributed by atoms with E-state index in [4.69, 9.17) is 18.6 Å². The summed E-state index contributed by atoms with van der Waals surface area (Å²) >= 11 is 0. The van der Waals surface area contributed by atoms with E-state index in [2.05, 4.69) is 61.4 Å². The van der Waals surface area contributed by atoms with Crippen LogP contribution in [-0.2, 0) is 22.2 Å². The van der Waals surface area contributed by atoms with Crippen LogP contribution in [0.25, 0.3) is 32.9 Å². The number of aromatic nitrogens is 3. The second-order valence-electron chi connectivity index (χ2n) is 17.9. The Kier molecular flexibility index (Phi) is 11.9. The Morgan fingerprint density at radius 1 is 0.862 bits per heavy atom. The molecule has 11 heteroatoms. The van der Waals surface area contributed by atoms with E-state index in [1.54, 1.807) is 12.3 Å². The van der Waals surface area contributed by atoms with E-state index in [0.29, 0.717) is 76.8 Å². The Bertz CT molecular complexity index is 2200. The van der Waals surface area contributed by atoms with Gasteiger partial charge in [0.25, 0.3) is 0 Å². The van der Waals surface area contributed by atoms with E-state index in [1.165, 1.54) is 6.07 Å². The van der Waals surface area contributed by atoms with Crippen molar-refractivity contribution >= 4 is 30.0 Å². The van der Waals surface area contributed by atoms with Crippen molar-refractivity contribution in [3.8, 4) is 23.1 Å². The third kappa shape index (κ3) is 8.24. The van der Waals surface area contributed by atoms with Gasteiger partial charge in [-0.2, -0.15) is 9.97 Å². The molecule has 2 bridgehead atoms. The number of hydrogen-bond donors (Lipinski definition) is 0. The van der Waals surface area contributed by atoms with Crippen LogP contribution >= 0.6 is 0 Å². The minimum absolute atomic E-state index is 0.00137. The largest absolute Gasteiger partial charge is 0.472 e. The number of halogens is 2. The van der Waals surface area contributed by atoms with Gasteiger partial charge >= 0.3 is 6.01 Å². The predicted molar refractivity (Wildman–Crippen MR) is 228 cm³/mol. The van der Waals surface area contributed by atoms with Crippen LogP contribution in [0, 0.1) is 17.0 Å². The van der Waals surface area contributed by atoms with E-state index in [1.807, 2.05) is 48.5 Å². The van der Waals surface area contributed by atoms with Crippen LogP contribution in [0.3, 0.4) is 0 Å². The number of pyridine rings is 1. The van der Waals surface area contributed by atoms with E-state index in [-0.39, 0.29) is 40.9 Å². The number of hydrogen-bond acceptors (Lipinski definition) is 8. The topological polar surface area (TPSA) is 78.8 Å². The number of aryl methyl sites for hydroxylation is 1. The molecule has 0 radical (unpaired) electrons. The van der Waals surface area contributed by atoms with Crippen molar-refractivity contribution in [3.05, 3.63) is 89.6 Å². The number of nitrogens with zero attached hydrogens (tertiary/aromatic N) is 4. The number of morpholine rings is 1. The smallest absolute Gasteiger partial charge is 0.320 e. The first kappa shape index (κ1) is 40.7. The summed E-state index contributed by atoms with van der Waals surface area (Å²) in [5, 5.41) is 1.80. The summed E-state index contributed by atoms with van der Waals surface area (Å²) in [4.78, 5) is 16.6. The number of ether oxygens (including phenoxy) is 3. The highest BCUT2D eigenvalue weighted by Crippen LogP contribution is 2.48. The fourth-order valence-corrected chi connectivity index (χ4v) is 15.5. The molecule has 3 fully saturated rings. The molecule has 0 spiro atoms. The first-order valence-electron chi connectivity index (χ1n) is 21.3. The Morgan fingerprint density at radius 2 is 1.59 bits per heavy atom. The molecule has 3 aromatic carbocycles. The van der Waals surface area contributed by atoms with Crippen molar-refractivity contribution in [1.82, 2.24) is 19.9 Å². The minimum Gasteiger partial charge on any atom is -0.472 e. The van der Waals surface area contributed by atoms with Crippen LogP contribution < -0.4 is 9.47 Å². The highest BCUT2D eigenvalue weighted by molar-refractivity contribution is 6.77. The highest BCUT2D eigenvalue weighted by Gasteiger charge is 2.47. The molecule has 2 saturated heterocycles. The summed E-state index contributed by atoms with van der Waals surface area (Å²) in [6.45, 7) is 17.6. The lowest BCUT2D eigenvalue weighted by atomic mass is 9.94. The maximum Gasteiger partial charge on any atom is 0.320 e. The average molecular weight is 809 g/mol. The van der Waals surface area contributed by atoms with Crippen LogP contribution in [0.1, 0.15) is 84.8 Å². The fraction of sp³-hybridized carbons (Fsp3) is 0.511. The zero-order chi connectivity index (χ0) is 40.6. The predicted octanol–water partition coefficient (Wildman–Crippen LogP) is 10.8. The molecule has 0 N–H and O–H groups in total. The van der Waals surface area contributed by atoms with Crippen molar-refractivity contribution in [2.75, 3.05) is 32.8 Å². The normalized spacial score (nSPS) is 19.2. The molecule has 2 aliphatic heterocycles. The molecule has 1 saturated carbocycles. The monoisotopic (exact) mass is 808 g/mol. The number of benzene rings is 3. The molecule has 1 aliphatic carbocycles. The summed E-state index contributed by atoms with van der Waals surface area (Å²) < 4.78 is 58.6. The van der Waals surface area contributed by atoms with Gasteiger partial charge in [-0.25, -0.2) is 8.78 Å². The van der Waals surface area contributed by atoms with Crippen LogP contribution in [-0.4, -0.2) is 73.2 Å². The Labute approximate surface area is 342 Å². The lowest BCUT2D eigenvalue weighted by molar-refractivity contribution is -0.0460. The molecule has 2 atom stereocenters. The molecule has 4 heterocycles. The lowest BCUT2D eigenvalue weighted by Gasteiger charge is -2.42. The van der Waals surface area contributed by atoms with E-state index in [0.717, 1.165) is 56.3 Å². The first-order valence-corrected chi connectivity index (χ1v) is 23.5. The molecule has 8 rings (SSSR count). The molecular formula is C47H58F2N4O4Si. The van der Waals surface area contributed by atoms with E-state index >= 15 is 8.78 Å². The maximum atomic E-state index is 17.2. The number of likely N-dealkylation sites (tertiary alicyclic amines) is 1. The molecule has 8 nitrogen and oxygen atoms in total. The van der Waals surface area contributed by atoms with Crippen molar-refractivity contribution in [3.63, 3.8) is 0 Å². The van der Waals surface area contributed by atoms with Gasteiger partial charge in [0.2, 0.25) is 5.88 Å². The van der Waals surface area contributed by atoms with Gasteiger partial charge in [-0.05, 0) is 83.1 Å². The van der Waals surface area contributed by atoms with Crippen molar-refractivity contribution in [1.29, 1.82) is 0 Å². The molecule has 2 unspecified atom stereocenters. The second-order valence-corrected chi connectivity index (χ2v) is 23.4. The van der Waals surface area contributed by atoms with Gasteiger partial charge in [0.15, 0.2) is 14.1 Å². The molecule has 5 aromatic rings. The van der Waals surface area contributed by atoms with Gasteiger partial charge in [0.1, 0.15) is 23.6 Å². The van der Waals surface area contributed by atoms with E-state index < -0.39 is 14.1 Å². The Balaban J connectivity index is 1.10.